The fourth-order valence-electron chi connectivity index (χ4n) is 4.30. The van der Waals surface area contributed by atoms with Gasteiger partial charge in [-0.05, 0) is 50.0 Å². The standard InChI is InChI=1S/C14H23NO/c1-9(2)13(16)12-10-4-5-14(6-7-14)11(10)8-15(12)3/h9-12H,4-8H2,1-3H3/t10-,11-,12?/m0/s1. The average molecular weight is 221 g/mol. The maximum absolute atomic E-state index is 12.3. The number of likely N-dealkylation sites (tertiary alicyclic amines) is 1. The van der Waals surface area contributed by atoms with Gasteiger partial charge in [0.1, 0.15) is 0 Å². The summed E-state index contributed by atoms with van der Waals surface area (Å²) >= 11 is 0. The number of rotatable bonds is 2. The van der Waals surface area contributed by atoms with Gasteiger partial charge in [-0.2, -0.15) is 0 Å². The molecule has 0 aromatic rings. The zero-order chi connectivity index (χ0) is 11.5. The molecule has 1 aliphatic heterocycles. The Kier molecular flexibility index (Phi) is 2.23. The molecule has 16 heavy (non-hydrogen) atoms. The van der Waals surface area contributed by atoms with Crippen LogP contribution in [0.15, 0.2) is 0 Å². The van der Waals surface area contributed by atoms with Gasteiger partial charge in [-0.1, -0.05) is 13.8 Å². The van der Waals surface area contributed by atoms with Crippen LogP contribution in [0.4, 0.5) is 0 Å². The lowest BCUT2D eigenvalue weighted by molar-refractivity contribution is -0.127. The summed E-state index contributed by atoms with van der Waals surface area (Å²) in [5, 5.41) is 0. The molecule has 0 aromatic heterocycles. The molecular formula is C14H23NO. The second-order valence-corrected chi connectivity index (χ2v) is 6.61. The van der Waals surface area contributed by atoms with Gasteiger partial charge in [-0.25, -0.2) is 0 Å². The van der Waals surface area contributed by atoms with Crippen molar-refractivity contribution in [2.24, 2.45) is 23.2 Å². The molecule has 2 saturated carbocycles. The molecule has 2 nitrogen and oxygen atoms in total. The minimum atomic E-state index is 0.196. The number of ketones is 1. The molecule has 2 heteroatoms. The number of hydrogen-bond donors (Lipinski definition) is 0. The van der Waals surface area contributed by atoms with Crippen molar-refractivity contribution in [2.75, 3.05) is 13.6 Å². The minimum Gasteiger partial charge on any atom is -0.298 e. The second-order valence-electron chi connectivity index (χ2n) is 6.61. The molecular weight excluding hydrogens is 198 g/mol. The third-order valence-electron chi connectivity index (χ3n) is 5.40. The molecule has 0 bridgehead atoms. The fourth-order valence-corrected chi connectivity index (χ4v) is 4.30. The normalized spacial score (nSPS) is 40.6. The summed E-state index contributed by atoms with van der Waals surface area (Å²) in [6.45, 7) is 5.27. The third kappa shape index (κ3) is 1.32. The fraction of sp³-hybridized carbons (Fsp3) is 0.929. The highest BCUT2D eigenvalue weighted by Gasteiger charge is 2.61. The van der Waals surface area contributed by atoms with Crippen molar-refractivity contribution in [1.29, 1.82) is 0 Å². The number of fused-ring (bicyclic) bond motifs is 2. The van der Waals surface area contributed by atoms with Crippen molar-refractivity contribution in [2.45, 2.75) is 45.6 Å². The van der Waals surface area contributed by atoms with Crippen LogP contribution in [0.2, 0.25) is 0 Å². The second kappa shape index (κ2) is 3.32. The van der Waals surface area contributed by atoms with Crippen molar-refractivity contribution in [3.8, 4) is 0 Å². The molecule has 3 fully saturated rings. The first-order chi connectivity index (χ1) is 7.55. The smallest absolute Gasteiger partial charge is 0.152 e. The predicted octanol–water partition coefficient (Wildman–Crippen LogP) is 2.33. The summed E-state index contributed by atoms with van der Waals surface area (Å²) in [5.41, 5.74) is 0.685. The number of nitrogens with zero attached hydrogens (tertiary/aromatic N) is 1. The van der Waals surface area contributed by atoms with Gasteiger partial charge in [0.15, 0.2) is 5.78 Å². The Bertz CT molecular complexity index is 319. The molecule has 3 rings (SSSR count). The summed E-state index contributed by atoms with van der Waals surface area (Å²) in [7, 11) is 2.15. The van der Waals surface area contributed by atoms with Crippen LogP contribution >= 0.6 is 0 Å². The maximum atomic E-state index is 12.3. The highest BCUT2D eigenvalue weighted by Crippen LogP contribution is 2.66. The van der Waals surface area contributed by atoms with Crippen LogP contribution in [-0.2, 0) is 4.79 Å². The van der Waals surface area contributed by atoms with Crippen molar-refractivity contribution in [3.63, 3.8) is 0 Å². The van der Waals surface area contributed by atoms with Crippen LogP contribution in [0, 0.1) is 23.2 Å². The highest BCUT2D eigenvalue weighted by molar-refractivity contribution is 5.86. The summed E-state index contributed by atoms with van der Waals surface area (Å²) in [6, 6.07) is 0.241. The van der Waals surface area contributed by atoms with Crippen LogP contribution in [0.5, 0.6) is 0 Å². The van der Waals surface area contributed by atoms with Gasteiger partial charge in [0.2, 0.25) is 0 Å². The van der Waals surface area contributed by atoms with Gasteiger partial charge >= 0.3 is 0 Å². The molecule has 3 aliphatic rings. The van der Waals surface area contributed by atoms with Crippen LogP contribution < -0.4 is 0 Å². The van der Waals surface area contributed by atoms with E-state index in [0.717, 1.165) is 5.92 Å². The largest absolute Gasteiger partial charge is 0.298 e. The summed E-state index contributed by atoms with van der Waals surface area (Å²) < 4.78 is 0. The Morgan fingerprint density at radius 3 is 2.56 bits per heavy atom. The third-order valence-corrected chi connectivity index (χ3v) is 5.40. The maximum Gasteiger partial charge on any atom is 0.152 e. The Morgan fingerprint density at radius 1 is 1.31 bits per heavy atom. The van der Waals surface area contributed by atoms with Gasteiger partial charge in [-0.3, -0.25) is 9.69 Å². The monoisotopic (exact) mass is 221 g/mol. The van der Waals surface area contributed by atoms with E-state index in [9.17, 15) is 4.79 Å². The number of carbonyl (C=O) groups excluding carboxylic acids is 1. The van der Waals surface area contributed by atoms with Crippen LogP contribution in [0.1, 0.15) is 39.5 Å². The average Bonchev–Trinajstić information content (AvgIpc) is 2.83. The molecule has 3 atom stereocenters. The van der Waals surface area contributed by atoms with Gasteiger partial charge in [-0.15, -0.1) is 0 Å². The molecule has 90 valence electrons. The molecule has 1 spiro atoms. The number of carbonyl (C=O) groups is 1. The van der Waals surface area contributed by atoms with E-state index in [4.69, 9.17) is 0 Å². The number of likely N-dealkylation sites (N-methyl/N-ethyl adjacent to an activating group) is 1. The Labute approximate surface area is 98.4 Å². The van der Waals surface area contributed by atoms with Gasteiger partial charge in [0.05, 0.1) is 6.04 Å². The zero-order valence-electron chi connectivity index (χ0n) is 10.7. The van der Waals surface area contributed by atoms with E-state index in [0.29, 0.717) is 17.1 Å². The van der Waals surface area contributed by atoms with Crippen LogP contribution in [0.3, 0.4) is 0 Å². The Hall–Kier alpha value is -0.370. The topological polar surface area (TPSA) is 20.3 Å². The quantitative estimate of drug-likeness (QED) is 0.713. The summed E-state index contributed by atoms with van der Waals surface area (Å²) in [4.78, 5) is 14.6. The van der Waals surface area contributed by atoms with Crippen molar-refractivity contribution < 1.29 is 4.79 Å². The zero-order valence-corrected chi connectivity index (χ0v) is 10.7. The van der Waals surface area contributed by atoms with Gasteiger partial charge in [0.25, 0.3) is 0 Å². The first-order valence-electron chi connectivity index (χ1n) is 6.79. The molecule has 0 amide bonds. The van der Waals surface area contributed by atoms with Crippen molar-refractivity contribution >= 4 is 5.78 Å². The van der Waals surface area contributed by atoms with E-state index < -0.39 is 0 Å². The lowest BCUT2D eigenvalue weighted by Crippen LogP contribution is -2.39. The molecule has 0 N–H and O–H groups in total. The first-order valence-corrected chi connectivity index (χ1v) is 6.79. The summed E-state index contributed by atoms with van der Waals surface area (Å²) in [6.07, 6.45) is 5.57. The Morgan fingerprint density at radius 2 is 2.00 bits per heavy atom. The van der Waals surface area contributed by atoms with Crippen molar-refractivity contribution in [3.05, 3.63) is 0 Å². The highest BCUT2D eigenvalue weighted by atomic mass is 16.1. The molecule has 2 aliphatic carbocycles. The summed E-state index contributed by atoms with van der Waals surface area (Å²) in [5.74, 6) is 2.20. The van der Waals surface area contributed by atoms with Crippen molar-refractivity contribution in [1.82, 2.24) is 4.90 Å². The first kappa shape index (κ1) is 10.8. The van der Waals surface area contributed by atoms with Crippen LogP contribution in [-0.4, -0.2) is 30.3 Å². The molecule has 1 heterocycles. The minimum absolute atomic E-state index is 0.196. The van der Waals surface area contributed by atoms with E-state index in [1.165, 1.54) is 32.2 Å². The SMILES string of the molecule is CC(C)C(=O)C1[C@H]2CCC3(CC3)[C@H]2CN1C. The molecule has 1 saturated heterocycles. The van der Waals surface area contributed by atoms with Gasteiger partial charge < -0.3 is 0 Å². The van der Waals surface area contributed by atoms with E-state index >= 15 is 0 Å². The van der Waals surface area contributed by atoms with E-state index in [1.807, 2.05) is 13.8 Å². The molecule has 1 unspecified atom stereocenters. The lowest BCUT2D eigenvalue weighted by Gasteiger charge is -2.24. The molecule has 0 aromatic carbocycles. The molecule has 0 radical (unpaired) electrons. The van der Waals surface area contributed by atoms with E-state index in [1.54, 1.807) is 0 Å². The predicted molar refractivity (Wildman–Crippen MR) is 64.1 cm³/mol. The number of Topliss-reactive ketones (excluding diaryl/α,β-unsaturated/α-hetero) is 1. The van der Waals surface area contributed by atoms with E-state index in [-0.39, 0.29) is 12.0 Å². The van der Waals surface area contributed by atoms with Gasteiger partial charge in [0, 0.05) is 12.5 Å². The van der Waals surface area contributed by atoms with E-state index in [2.05, 4.69) is 11.9 Å². The Balaban J connectivity index is 1.83. The van der Waals surface area contributed by atoms with Crippen LogP contribution in [0.25, 0.3) is 0 Å². The number of hydrogen-bond acceptors (Lipinski definition) is 2. The lowest BCUT2D eigenvalue weighted by atomic mass is 9.84.